The van der Waals surface area contributed by atoms with E-state index in [2.05, 4.69) is 9.72 Å². The lowest BCUT2D eigenvalue weighted by molar-refractivity contribution is -0.203. The van der Waals surface area contributed by atoms with Crippen LogP contribution < -0.4 is 15.4 Å². The number of ether oxygens (including phenoxy) is 2. The van der Waals surface area contributed by atoms with Crippen molar-refractivity contribution in [3.63, 3.8) is 0 Å². The monoisotopic (exact) mass is 417 g/mol. The number of hydrogen-bond donors (Lipinski definition) is 2. The SMILES string of the molecule is COC(=O)[C@](NC(=O)c1ccccc1OC)(Nc1ccc(Cl)cn1)C(F)(F)F. The number of rotatable bonds is 6. The summed E-state index contributed by atoms with van der Waals surface area (Å²) >= 11 is 5.67. The Kier molecular flexibility index (Phi) is 6.34. The van der Waals surface area contributed by atoms with Crippen molar-refractivity contribution in [3.05, 3.63) is 53.2 Å². The molecule has 2 N–H and O–H groups in total. The molecule has 28 heavy (non-hydrogen) atoms. The predicted octanol–water partition coefficient (Wildman–Crippen LogP) is 3.02. The van der Waals surface area contributed by atoms with E-state index in [-0.39, 0.29) is 22.2 Å². The molecule has 1 aromatic carbocycles. The fourth-order valence-electron chi connectivity index (χ4n) is 2.26. The molecule has 0 fully saturated rings. The number of nitrogens with one attached hydrogen (secondary N) is 2. The highest BCUT2D eigenvalue weighted by molar-refractivity contribution is 6.30. The van der Waals surface area contributed by atoms with Crippen molar-refractivity contribution in [2.45, 2.75) is 11.8 Å². The van der Waals surface area contributed by atoms with Gasteiger partial charge in [0, 0.05) is 6.20 Å². The zero-order chi connectivity index (χ0) is 20.9. The summed E-state index contributed by atoms with van der Waals surface area (Å²) in [7, 11) is 2.01. The van der Waals surface area contributed by atoms with Crippen molar-refractivity contribution in [1.29, 1.82) is 0 Å². The number of aromatic nitrogens is 1. The third-order valence-corrected chi connectivity index (χ3v) is 3.84. The second-order valence-corrected chi connectivity index (χ2v) is 5.82. The van der Waals surface area contributed by atoms with Crippen LogP contribution in [-0.2, 0) is 9.53 Å². The van der Waals surface area contributed by atoms with E-state index in [0.717, 1.165) is 19.4 Å². The van der Waals surface area contributed by atoms with Crippen LogP contribution in [0.3, 0.4) is 0 Å². The fraction of sp³-hybridized carbons (Fsp3) is 0.235. The second kappa shape index (κ2) is 8.34. The minimum absolute atomic E-state index is 0.0190. The zero-order valence-electron chi connectivity index (χ0n) is 14.6. The van der Waals surface area contributed by atoms with Gasteiger partial charge in [-0.2, -0.15) is 13.2 Å². The largest absolute Gasteiger partial charge is 0.496 e. The molecule has 11 heteroatoms. The summed E-state index contributed by atoms with van der Waals surface area (Å²) < 4.78 is 51.2. The molecule has 0 aliphatic carbocycles. The minimum Gasteiger partial charge on any atom is -0.496 e. The average molecular weight is 418 g/mol. The highest BCUT2D eigenvalue weighted by atomic mass is 35.5. The number of esters is 1. The molecule has 0 unspecified atom stereocenters. The van der Waals surface area contributed by atoms with Crippen LogP contribution in [0.1, 0.15) is 10.4 Å². The van der Waals surface area contributed by atoms with Gasteiger partial charge in [0.1, 0.15) is 11.6 Å². The number of carbonyl (C=O) groups is 2. The first-order valence-electron chi connectivity index (χ1n) is 7.65. The Morgan fingerprint density at radius 2 is 1.79 bits per heavy atom. The molecule has 150 valence electrons. The molecule has 1 heterocycles. The maximum Gasteiger partial charge on any atom is 0.441 e. The maximum absolute atomic E-state index is 14.0. The summed E-state index contributed by atoms with van der Waals surface area (Å²) in [6.45, 7) is 0. The van der Waals surface area contributed by atoms with E-state index in [1.807, 2.05) is 5.32 Å². The molecule has 0 bridgehead atoms. The molecule has 0 spiro atoms. The second-order valence-electron chi connectivity index (χ2n) is 5.38. The normalized spacial score (nSPS) is 13.2. The van der Waals surface area contributed by atoms with Gasteiger partial charge >= 0.3 is 17.8 Å². The molecular formula is C17H15ClF3N3O4. The van der Waals surface area contributed by atoms with Crippen molar-refractivity contribution >= 4 is 29.3 Å². The van der Waals surface area contributed by atoms with Crippen LogP contribution in [0.4, 0.5) is 19.0 Å². The van der Waals surface area contributed by atoms with E-state index in [9.17, 15) is 22.8 Å². The quantitative estimate of drug-likeness (QED) is 0.555. The predicted molar refractivity (Wildman–Crippen MR) is 94.1 cm³/mol. The van der Waals surface area contributed by atoms with Gasteiger partial charge in [0.15, 0.2) is 0 Å². The van der Waals surface area contributed by atoms with E-state index < -0.39 is 23.7 Å². The van der Waals surface area contributed by atoms with Crippen molar-refractivity contribution in [2.75, 3.05) is 19.5 Å². The molecule has 0 radical (unpaired) electrons. The Labute approximate surface area is 162 Å². The zero-order valence-corrected chi connectivity index (χ0v) is 15.4. The summed E-state index contributed by atoms with van der Waals surface area (Å²) in [5.41, 5.74) is -3.83. The van der Waals surface area contributed by atoms with E-state index in [4.69, 9.17) is 16.3 Å². The third-order valence-electron chi connectivity index (χ3n) is 3.61. The molecule has 0 saturated heterocycles. The summed E-state index contributed by atoms with van der Waals surface area (Å²) in [5, 5.41) is 3.75. The molecule has 2 rings (SSSR count). The summed E-state index contributed by atoms with van der Waals surface area (Å²) in [6, 6.07) is 7.96. The lowest BCUT2D eigenvalue weighted by Crippen LogP contribution is -2.69. The Balaban J connectivity index is 2.51. The number of carbonyl (C=O) groups excluding carboxylic acids is 2. The Morgan fingerprint density at radius 3 is 2.32 bits per heavy atom. The number of hydrogen-bond acceptors (Lipinski definition) is 6. The molecule has 0 aliphatic heterocycles. The maximum atomic E-state index is 14.0. The Morgan fingerprint density at radius 1 is 1.11 bits per heavy atom. The van der Waals surface area contributed by atoms with E-state index in [0.29, 0.717) is 0 Å². The van der Waals surface area contributed by atoms with Gasteiger partial charge in [0.05, 0.1) is 24.8 Å². The lowest BCUT2D eigenvalue weighted by Gasteiger charge is -2.34. The molecule has 1 atom stereocenters. The van der Waals surface area contributed by atoms with Gasteiger partial charge in [-0.25, -0.2) is 9.78 Å². The van der Waals surface area contributed by atoms with Crippen LogP contribution in [0, 0.1) is 0 Å². The highest BCUT2D eigenvalue weighted by Crippen LogP contribution is 2.33. The van der Waals surface area contributed by atoms with E-state index >= 15 is 0 Å². The number of anilines is 1. The minimum atomic E-state index is -5.29. The van der Waals surface area contributed by atoms with Gasteiger partial charge in [0.25, 0.3) is 5.91 Å². The molecule has 7 nitrogen and oxygen atoms in total. The first kappa shape index (κ1) is 21.3. The molecule has 1 aromatic heterocycles. The molecule has 0 saturated carbocycles. The van der Waals surface area contributed by atoms with Gasteiger partial charge < -0.3 is 20.1 Å². The molecular weight excluding hydrogens is 403 g/mol. The van der Waals surface area contributed by atoms with Gasteiger partial charge in [-0.05, 0) is 24.3 Å². The number of pyridine rings is 1. The van der Waals surface area contributed by atoms with Gasteiger partial charge in [-0.1, -0.05) is 23.7 Å². The van der Waals surface area contributed by atoms with Crippen molar-refractivity contribution in [2.24, 2.45) is 0 Å². The summed E-state index contributed by atoms with van der Waals surface area (Å²) in [4.78, 5) is 28.4. The Hall–Kier alpha value is -3.01. The van der Waals surface area contributed by atoms with Crippen LogP contribution in [0.25, 0.3) is 0 Å². The van der Waals surface area contributed by atoms with Crippen molar-refractivity contribution in [1.82, 2.24) is 10.3 Å². The molecule has 0 aliphatic rings. The standard InChI is InChI=1S/C17H15ClF3N3O4/c1-27-12-6-4-3-5-11(12)14(25)24-16(15(26)28-2,17(19,20)21)23-13-8-7-10(18)9-22-13/h3-9H,1-2H3,(H,22,23)(H,24,25)/t16-/m1/s1. The molecule has 2 aromatic rings. The average Bonchev–Trinajstić information content (AvgIpc) is 2.67. The van der Waals surface area contributed by atoms with E-state index in [1.165, 1.54) is 37.4 Å². The third kappa shape index (κ3) is 4.28. The first-order chi connectivity index (χ1) is 13.1. The Bertz CT molecular complexity index is 861. The van der Waals surface area contributed by atoms with Crippen LogP contribution in [-0.4, -0.2) is 42.9 Å². The van der Waals surface area contributed by atoms with Crippen molar-refractivity contribution < 1.29 is 32.2 Å². The van der Waals surface area contributed by atoms with Gasteiger partial charge in [-0.15, -0.1) is 0 Å². The number of alkyl halides is 3. The molecule has 1 amide bonds. The fourth-order valence-corrected chi connectivity index (χ4v) is 2.37. The smallest absolute Gasteiger partial charge is 0.441 e. The number of para-hydroxylation sites is 1. The van der Waals surface area contributed by atoms with Gasteiger partial charge in [0.2, 0.25) is 0 Å². The lowest BCUT2D eigenvalue weighted by atomic mass is 10.1. The van der Waals surface area contributed by atoms with Crippen LogP contribution >= 0.6 is 11.6 Å². The van der Waals surface area contributed by atoms with Crippen molar-refractivity contribution in [3.8, 4) is 5.75 Å². The highest BCUT2D eigenvalue weighted by Gasteiger charge is 2.63. The number of amides is 1. The van der Waals surface area contributed by atoms with Gasteiger partial charge in [-0.3, -0.25) is 4.79 Å². The first-order valence-corrected chi connectivity index (χ1v) is 8.03. The number of nitrogens with zero attached hydrogens (tertiary/aromatic N) is 1. The van der Waals surface area contributed by atoms with Crippen LogP contribution in [0.5, 0.6) is 5.75 Å². The summed E-state index contributed by atoms with van der Waals surface area (Å²) in [6.07, 6.45) is -4.22. The van der Waals surface area contributed by atoms with E-state index in [1.54, 1.807) is 5.32 Å². The topological polar surface area (TPSA) is 89.5 Å². The van der Waals surface area contributed by atoms with Crippen LogP contribution in [0.2, 0.25) is 5.02 Å². The number of benzene rings is 1. The summed E-state index contributed by atoms with van der Waals surface area (Å²) in [5.74, 6) is -3.36. The number of halogens is 4. The number of methoxy groups -OCH3 is 2. The van der Waals surface area contributed by atoms with Crippen LogP contribution in [0.15, 0.2) is 42.6 Å².